The fourth-order valence-corrected chi connectivity index (χ4v) is 12.9. The van der Waals surface area contributed by atoms with Gasteiger partial charge in [0, 0.05) is 56.7 Å². The number of nitrogens with one attached hydrogen (secondary N) is 1. The molecule has 6 aromatic heterocycles. The summed E-state index contributed by atoms with van der Waals surface area (Å²) in [6.45, 7) is 24.5. The molecule has 66 heavy (non-hydrogen) atoms. The van der Waals surface area contributed by atoms with Gasteiger partial charge in [-0.2, -0.15) is 4.58 Å². The highest BCUT2D eigenvalue weighted by Gasteiger charge is 2.28. The number of nitrogens with zero attached hydrogens (tertiary/aromatic N) is 12. The molecule has 1 aliphatic rings. The van der Waals surface area contributed by atoms with Gasteiger partial charge in [-0.25, -0.2) is 19.1 Å². The van der Waals surface area contributed by atoms with E-state index >= 15 is 0 Å². The van der Waals surface area contributed by atoms with Crippen LogP contribution in [0, 0.1) is 0 Å². The predicted molar refractivity (Wildman–Crippen MR) is 291 cm³/mol. The molecule has 0 aromatic carbocycles. The fourth-order valence-electron chi connectivity index (χ4n) is 5.38. The molecule has 0 aliphatic carbocycles. The third-order valence-electron chi connectivity index (χ3n) is 9.19. The van der Waals surface area contributed by atoms with Crippen LogP contribution >= 0.6 is 44.3 Å². The standard InChI is InChI=1S/C9H14ClN2Si.C9H13N4Si.C7H9ClNSi.C7H13N2Si.C6H10ClN2Si.C5H7ClN2Si/c1-4-13(10)12-7-5-9(6-8-12)11(2)3;1-3-14(12-5-4-10-8-12)13-7-6-11(2)9-13;1-2-10(8)9-6-4-3-5-7-9;1-4-10(3)9-6-5-8(2)7-9;1-3-10(7)9-5-4-8(2)6-9;1-2-9(6)8-4-3-7-5-8/h4-8,13H,1H2,2-3H3;3-9,14H,1H2,2H3;2-7,10H,1H2;4-7,10H,1H2,2-3H3;3-6,10H,1H2,2H3;2-5,9H,1H2/q5*+1;/p+1. The lowest BCUT2D eigenvalue weighted by Crippen LogP contribution is -3.13. The summed E-state index contributed by atoms with van der Waals surface area (Å²) in [6, 6.07) is 9.99. The van der Waals surface area contributed by atoms with Gasteiger partial charge in [0.1, 0.15) is 56.6 Å². The maximum Gasteiger partial charge on any atom is 0.473 e. The molecule has 23 heteroatoms. The molecule has 0 saturated carbocycles. The van der Waals surface area contributed by atoms with E-state index in [2.05, 4.69) is 117 Å². The quantitative estimate of drug-likeness (QED) is 0.104. The van der Waals surface area contributed by atoms with E-state index in [4.69, 9.17) is 44.3 Å². The lowest BCUT2D eigenvalue weighted by molar-refractivity contribution is -0.670. The fraction of sp³-hybridized carbons (Fsp3) is 0.140. The first kappa shape index (κ1) is 57.3. The lowest BCUT2D eigenvalue weighted by atomic mass is 10.4. The van der Waals surface area contributed by atoms with Gasteiger partial charge in [0.2, 0.25) is 18.9 Å². The Morgan fingerprint density at radius 3 is 1.50 bits per heavy atom. The zero-order valence-electron chi connectivity index (χ0n) is 38.9. The molecule has 1 N–H and O–H groups in total. The minimum Gasteiger partial charge on any atom is -0.377 e. The zero-order chi connectivity index (χ0) is 49.0. The number of quaternary nitrogens is 1. The van der Waals surface area contributed by atoms with E-state index in [-0.39, 0.29) is 0 Å². The maximum atomic E-state index is 6.09. The number of hydrogen-bond donors (Lipinski definition) is 1. The van der Waals surface area contributed by atoms with Crippen LogP contribution in [-0.4, -0.2) is 110 Å². The van der Waals surface area contributed by atoms with Crippen LogP contribution in [-0.2, 0) is 14.1 Å². The predicted octanol–water partition coefficient (Wildman–Crippen LogP) is 2.30. The van der Waals surface area contributed by atoms with Crippen molar-refractivity contribution in [2.24, 2.45) is 14.1 Å². The number of anilines is 1. The Hall–Kier alpha value is -4.79. The monoisotopic (exact) mass is 1070 g/mol. The first-order chi connectivity index (χ1) is 31.6. The number of imidazole rings is 4. The summed E-state index contributed by atoms with van der Waals surface area (Å²) >= 11 is 23.9. The van der Waals surface area contributed by atoms with E-state index in [0.29, 0.717) is 0 Å². The second-order valence-corrected chi connectivity index (χ2v) is 32.3. The van der Waals surface area contributed by atoms with E-state index in [1.807, 2.05) is 183 Å². The third kappa shape index (κ3) is 20.8. The van der Waals surface area contributed by atoms with Crippen molar-refractivity contribution in [1.29, 1.82) is 0 Å². The summed E-state index contributed by atoms with van der Waals surface area (Å²) < 4.78 is 19.8. The Morgan fingerprint density at radius 2 is 1.11 bits per heavy atom. The van der Waals surface area contributed by atoms with Gasteiger partial charge in [-0.3, -0.25) is 21.5 Å². The van der Waals surface area contributed by atoms with E-state index < -0.39 is 51.2 Å². The minimum atomic E-state index is -1.46. The lowest BCUT2D eigenvalue weighted by Gasteiger charge is -2.11. The van der Waals surface area contributed by atoms with Crippen LogP contribution in [0.4, 0.5) is 5.69 Å². The highest BCUT2D eigenvalue weighted by Crippen LogP contribution is 2.06. The Kier molecular flexibility index (Phi) is 27.8. The average molecular weight is 1080 g/mol. The molecule has 0 bridgehead atoms. The molecule has 7 heterocycles. The number of rotatable bonds is 14. The van der Waals surface area contributed by atoms with E-state index in [9.17, 15) is 0 Å². The van der Waals surface area contributed by atoms with E-state index in [0.717, 1.165) is 0 Å². The van der Waals surface area contributed by atoms with Crippen molar-refractivity contribution in [2.45, 2.75) is 6.55 Å². The molecule has 350 valence electrons. The van der Waals surface area contributed by atoms with E-state index in [1.165, 1.54) is 10.3 Å². The van der Waals surface area contributed by atoms with Gasteiger partial charge in [-0.15, -0.1) is 41.9 Å². The van der Waals surface area contributed by atoms with Gasteiger partial charge in [-0.1, -0.05) is 59.4 Å². The van der Waals surface area contributed by atoms with Gasteiger partial charge in [0.15, 0.2) is 6.20 Å². The van der Waals surface area contributed by atoms with Crippen LogP contribution in [0.25, 0.3) is 0 Å². The summed E-state index contributed by atoms with van der Waals surface area (Å²) in [6.07, 6.45) is 37.4. The maximum absolute atomic E-state index is 6.09. The van der Waals surface area contributed by atoms with Crippen LogP contribution in [0.1, 0.15) is 0 Å². The highest BCUT2D eigenvalue weighted by molar-refractivity contribution is 7.09. The minimum absolute atomic E-state index is 0.859. The van der Waals surface area contributed by atoms with Crippen LogP contribution in [0.5, 0.6) is 0 Å². The molecule has 1 aliphatic heterocycles. The number of hydrogen-bond acceptors (Lipinski definition) is 3. The molecule has 0 amide bonds. The van der Waals surface area contributed by atoms with Crippen LogP contribution < -0.4 is 27.1 Å². The first-order valence-electron chi connectivity index (χ1n) is 20.7. The number of aromatic nitrogens is 10. The summed E-state index contributed by atoms with van der Waals surface area (Å²) in [5.41, 5.74) is 12.5. The van der Waals surface area contributed by atoms with E-state index in [1.54, 1.807) is 18.2 Å². The second-order valence-electron chi connectivity index (χ2n) is 14.5. The third-order valence-corrected chi connectivity index (χ3v) is 23.5. The van der Waals surface area contributed by atoms with Gasteiger partial charge in [0.25, 0.3) is 17.2 Å². The van der Waals surface area contributed by atoms with Crippen LogP contribution in [0.3, 0.4) is 0 Å². The molecule has 13 nitrogen and oxygen atoms in total. The molecular formula is C43H67Cl4N13Si6+6. The van der Waals surface area contributed by atoms with Gasteiger partial charge < -0.3 is 13.4 Å². The van der Waals surface area contributed by atoms with Crippen molar-refractivity contribution >= 4 is 107 Å². The molecular weight excluding hydrogens is 1010 g/mol. The summed E-state index contributed by atoms with van der Waals surface area (Å²) in [5, 5.41) is 0. The highest BCUT2D eigenvalue weighted by atomic mass is 35.6. The molecule has 7 rings (SSSR count). The van der Waals surface area contributed by atoms with Crippen molar-refractivity contribution in [1.82, 2.24) is 26.9 Å². The normalized spacial score (nSPS) is 14.7. The van der Waals surface area contributed by atoms with Crippen LogP contribution in [0.2, 0.25) is 6.55 Å². The van der Waals surface area contributed by atoms with Gasteiger partial charge >= 0.3 is 40.3 Å². The Morgan fingerprint density at radius 1 is 0.606 bits per heavy atom. The number of pyridine rings is 2. The molecule has 7 unspecified atom stereocenters. The number of aryl methyl sites for hydroxylation is 2. The van der Waals surface area contributed by atoms with Gasteiger partial charge in [-0.05, 0) is 41.5 Å². The topological polar surface area (TPSA) is 71.7 Å². The number of halogens is 4. The molecule has 0 spiro atoms. The largest absolute Gasteiger partial charge is 0.473 e. The SMILES string of the molecule is C=C[SiH](C)n1cc[n+](C)c1.C=C[SiH](Cl)[n+]1ccc(N(C)C)cc1.C=C[SiH](Cl)[n+]1ccccc1.C=C[SiH](Cl)n1cc[n+](C)c1.C=C[SiH](Cl)n1ccnc1.C=C[SiH](n1ccnc1)[NH+]1C=C[N+](C)=C1. The van der Waals surface area contributed by atoms with Crippen molar-refractivity contribution < 1.29 is 26.7 Å². The molecule has 6 aromatic rings. The van der Waals surface area contributed by atoms with Crippen molar-refractivity contribution in [3.05, 3.63) is 216 Å². The Labute approximate surface area is 420 Å². The average Bonchev–Trinajstić information content (AvgIpc) is 4.23. The second kappa shape index (κ2) is 32.0. The summed E-state index contributed by atoms with van der Waals surface area (Å²) in [7, 11) is 2.31. The van der Waals surface area contributed by atoms with Crippen LogP contribution in [0.15, 0.2) is 216 Å². The molecule has 0 radical (unpaired) electrons. The Balaban J connectivity index is 0.000000274. The van der Waals surface area contributed by atoms with Gasteiger partial charge in [0.05, 0.1) is 26.7 Å². The van der Waals surface area contributed by atoms with Crippen molar-refractivity contribution in [3.63, 3.8) is 0 Å². The zero-order valence-corrected chi connectivity index (χ0v) is 48.9. The summed E-state index contributed by atoms with van der Waals surface area (Å²) in [5.74, 6) is 0. The smallest absolute Gasteiger partial charge is 0.377 e. The Bertz CT molecular complexity index is 2330. The first-order valence-corrected chi connectivity index (χ1v) is 36.5. The molecule has 7 atom stereocenters. The van der Waals surface area contributed by atoms with Crippen molar-refractivity contribution in [3.8, 4) is 0 Å². The molecule has 0 saturated heterocycles. The molecule has 0 fully saturated rings. The van der Waals surface area contributed by atoms with Crippen molar-refractivity contribution in [2.75, 3.05) is 26.0 Å². The summed E-state index contributed by atoms with van der Waals surface area (Å²) in [4.78, 5) is 9.98.